The summed E-state index contributed by atoms with van der Waals surface area (Å²) in [5.41, 5.74) is 3.27. The predicted molar refractivity (Wildman–Crippen MR) is 51.5 cm³/mol. The van der Waals surface area contributed by atoms with Crippen LogP contribution in [-0.4, -0.2) is 5.11 Å². The number of aromatic hydroxyl groups is 1. The molecule has 1 rings (SSSR count). The van der Waals surface area contributed by atoms with Crippen LogP contribution in [0.2, 0.25) is 0 Å². The smallest absolute Gasteiger partial charge is 0.121 e. The fraction of sp³-hybridized carbons (Fsp3) is 0.200. The number of hydrogen-bond donors (Lipinski definition) is 1. The van der Waals surface area contributed by atoms with Crippen molar-refractivity contribution < 1.29 is 5.11 Å². The van der Waals surface area contributed by atoms with Gasteiger partial charge in [-0.1, -0.05) is 35.9 Å². The van der Waals surface area contributed by atoms with E-state index in [4.69, 9.17) is 11.6 Å². The molecule has 0 aromatic heterocycles. The molecule has 0 radical (unpaired) electrons. The Morgan fingerprint density at radius 1 is 1.50 bits per heavy atom. The van der Waals surface area contributed by atoms with Crippen molar-refractivity contribution in [1.29, 1.82) is 0 Å². The van der Waals surface area contributed by atoms with Crippen LogP contribution in [0, 0.1) is 6.92 Å². The van der Waals surface area contributed by atoms with E-state index in [1.807, 2.05) is 25.1 Å². The van der Waals surface area contributed by atoms with E-state index in [1.165, 1.54) is 5.54 Å². The van der Waals surface area contributed by atoms with Gasteiger partial charge in [-0.25, -0.2) is 0 Å². The largest absolute Gasteiger partial charge is 0.507 e. The molecule has 0 saturated carbocycles. The lowest BCUT2D eigenvalue weighted by Gasteiger charge is -2.03. The van der Waals surface area contributed by atoms with Gasteiger partial charge >= 0.3 is 0 Å². The van der Waals surface area contributed by atoms with Crippen LogP contribution in [0.25, 0.3) is 0 Å². The summed E-state index contributed by atoms with van der Waals surface area (Å²) in [5.74, 6) is 0.368. The van der Waals surface area contributed by atoms with Crippen LogP contribution < -0.4 is 0 Å². The van der Waals surface area contributed by atoms with Gasteiger partial charge in [-0.3, -0.25) is 0 Å². The van der Waals surface area contributed by atoms with E-state index < -0.39 is 0 Å². The molecule has 0 unspecified atom stereocenters. The summed E-state index contributed by atoms with van der Waals surface area (Å²) in [5, 5.41) is 9.55. The summed E-state index contributed by atoms with van der Waals surface area (Å²) in [6.45, 7) is 1.88. The molecule has 1 aromatic rings. The maximum absolute atomic E-state index is 9.55. The topological polar surface area (TPSA) is 20.2 Å². The maximum Gasteiger partial charge on any atom is 0.121 e. The number of benzene rings is 1. The highest BCUT2D eigenvalue weighted by Crippen LogP contribution is 2.21. The summed E-state index contributed by atoms with van der Waals surface area (Å²) in [7, 11) is 0. The van der Waals surface area contributed by atoms with Crippen LogP contribution in [0.4, 0.5) is 0 Å². The summed E-state index contributed by atoms with van der Waals surface area (Å²) in [4.78, 5) is 0. The van der Waals surface area contributed by atoms with Gasteiger partial charge < -0.3 is 5.11 Å². The third kappa shape index (κ3) is 2.02. The molecule has 0 spiro atoms. The molecule has 1 aromatic carbocycles. The Hall–Kier alpha value is -0.950. The SMILES string of the molecule is Cc1cccc(C/C=C/Cl)c1O. The highest BCUT2D eigenvalue weighted by molar-refractivity contribution is 6.25. The Balaban J connectivity index is 2.92. The molecule has 0 amide bonds. The Bertz CT molecular complexity index is 292. The van der Waals surface area contributed by atoms with E-state index >= 15 is 0 Å². The first kappa shape index (κ1) is 9.14. The molecular weight excluding hydrogens is 172 g/mol. The van der Waals surface area contributed by atoms with E-state index in [0.29, 0.717) is 12.2 Å². The van der Waals surface area contributed by atoms with E-state index in [9.17, 15) is 5.11 Å². The summed E-state index contributed by atoms with van der Waals surface area (Å²) in [6, 6.07) is 5.69. The Labute approximate surface area is 77.3 Å². The van der Waals surface area contributed by atoms with Crippen LogP contribution in [0.1, 0.15) is 11.1 Å². The van der Waals surface area contributed by atoms with Crippen molar-refractivity contribution in [3.63, 3.8) is 0 Å². The quantitative estimate of drug-likeness (QED) is 0.746. The number of hydrogen-bond acceptors (Lipinski definition) is 1. The number of aryl methyl sites for hydroxylation is 1. The molecule has 1 nitrogen and oxygen atoms in total. The molecular formula is C10H11ClO. The van der Waals surface area contributed by atoms with Crippen LogP contribution in [0.3, 0.4) is 0 Å². The number of halogens is 1. The Morgan fingerprint density at radius 3 is 2.92 bits per heavy atom. The van der Waals surface area contributed by atoms with Gasteiger partial charge in [-0.05, 0) is 24.5 Å². The third-order valence-corrected chi connectivity index (χ3v) is 1.93. The first-order valence-corrected chi connectivity index (χ1v) is 4.22. The first-order chi connectivity index (χ1) is 5.75. The molecule has 64 valence electrons. The number of rotatable bonds is 2. The van der Waals surface area contributed by atoms with E-state index in [2.05, 4.69) is 0 Å². The lowest BCUT2D eigenvalue weighted by molar-refractivity contribution is 0.465. The van der Waals surface area contributed by atoms with Crippen LogP contribution in [-0.2, 0) is 6.42 Å². The molecule has 0 heterocycles. The molecule has 0 fully saturated rings. The Kier molecular flexibility index (Phi) is 3.18. The average Bonchev–Trinajstić information content (AvgIpc) is 2.08. The van der Waals surface area contributed by atoms with Gasteiger partial charge in [0, 0.05) is 5.54 Å². The third-order valence-electron chi connectivity index (χ3n) is 1.75. The number of allylic oxidation sites excluding steroid dienone is 1. The normalized spacial score (nSPS) is 10.8. The summed E-state index contributed by atoms with van der Waals surface area (Å²) >= 11 is 5.38. The molecule has 0 aliphatic heterocycles. The molecule has 0 atom stereocenters. The van der Waals surface area contributed by atoms with Crippen LogP contribution in [0.15, 0.2) is 29.8 Å². The van der Waals surface area contributed by atoms with Gasteiger partial charge in [0.2, 0.25) is 0 Å². The molecule has 0 aliphatic rings. The van der Waals surface area contributed by atoms with E-state index in [1.54, 1.807) is 6.08 Å². The second-order valence-electron chi connectivity index (χ2n) is 2.65. The molecule has 0 bridgehead atoms. The van der Waals surface area contributed by atoms with E-state index in [-0.39, 0.29) is 0 Å². The molecule has 0 aliphatic carbocycles. The summed E-state index contributed by atoms with van der Waals surface area (Å²) < 4.78 is 0. The van der Waals surface area contributed by atoms with Crippen molar-refractivity contribution in [3.05, 3.63) is 40.9 Å². The predicted octanol–water partition coefficient (Wildman–Crippen LogP) is 3.00. The Morgan fingerprint density at radius 2 is 2.25 bits per heavy atom. The highest BCUT2D eigenvalue weighted by Gasteiger charge is 2.00. The van der Waals surface area contributed by atoms with Crippen molar-refractivity contribution in [1.82, 2.24) is 0 Å². The molecule has 12 heavy (non-hydrogen) atoms. The highest BCUT2D eigenvalue weighted by atomic mass is 35.5. The van der Waals surface area contributed by atoms with Crippen LogP contribution in [0.5, 0.6) is 5.75 Å². The van der Waals surface area contributed by atoms with Crippen molar-refractivity contribution in [2.75, 3.05) is 0 Å². The van der Waals surface area contributed by atoms with Gasteiger partial charge in [-0.15, -0.1) is 0 Å². The molecule has 1 N–H and O–H groups in total. The lowest BCUT2D eigenvalue weighted by atomic mass is 10.1. The second-order valence-corrected chi connectivity index (χ2v) is 2.90. The number of phenolic OH excluding ortho intramolecular Hbond substituents is 1. The lowest BCUT2D eigenvalue weighted by Crippen LogP contribution is -1.84. The minimum Gasteiger partial charge on any atom is -0.507 e. The van der Waals surface area contributed by atoms with Crippen molar-refractivity contribution in [3.8, 4) is 5.75 Å². The maximum atomic E-state index is 9.55. The van der Waals surface area contributed by atoms with Gasteiger partial charge in [0.05, 0.1) is 0 Å². The van der Waals surface area contributed by atoms with Gasteiger partial charge in [0.1, 0.15) is 5.75 Å². The fourth-order valence-corrected chi connectivity index (χ4v) is 1.15. The zero-order valence-electron chi connectivity index (χ0n) is 6.92. The summed E-state index contributed by atoms with van der Waals surface area (Å²) in [6.07, 6.45) is 2.48. The van der Waals surface area contributed by atoms with Crippen molar-refractivity contribution >= 4 is 11.6 Å². The van der Waals surface area contributed by atoms with Crippen molar-refractivity contribution in [2.24, 2.45) is 0 Å². The minimum absolute atomic E-state index is 0.368. The number of phenols is 1. The molecule has 0 saturated heterocycles. The molecule has 2 heteroatoms. The van der Waals surface area contributed by atoms with Gasteiger partial charge in [-0.2, -0.15) is 0 Å². The minimum atomic E-state index is 0.368. The number of para-hydroxylation sites is 1. The zero-order valence-corrected chi connectivity index (χ0v) is 7.67. The van der Waals surface area contributed by atoms with Gasteiger partial charge in [0.15, 0.2) is 0 Å². The second kappa shape index (κ2) is 4.17. The monoisotopic (exact) mass is 182 g/mol. The standard InChI is InChI=1S/C10H11ClO/c1-8-4-2-5-9(10(8)12)6-3-7-11/h2-5,7,12H,6H2,1H3/b7-3+. The first-order valence-electron chi connectivity index (χ1n) is 3.78. The van der Waals surface area contributed by atoms with Crippen molar-refractivity contribution in [2.45, 2.75) is 13.3 Å². The zero-order chi connectivity index (χ0) is 8.97. The average molecular weight is 183 g/mol. The fourth-order valence-electron chi connectivity index (χ4n) is 1.06. The van der Waals surface area contributed by atoms with Gasteiger partial charge in [0.25, 0.3) is 0 Å². The van der Waals surface area contributed by atoms with Crippen LogP contribution >= 0.6 is 11.6 Å². The van der Waals surface area contributed by atoms with E-state index in [0.717, 1.165) is 11.1 Å².